The molecule has 0 saturated carbocycles. The molecule has 1 heterocycles. The average Bonchev–Trinajstić information content (AvgIpc) is 2.15. The van der Waals surface area contributed by atoms with Crippen molar-refractivity contribution in [1.82, 2.24) is 14.7 Å². The molecule has 1 rings (SSSR count). The van der Waals surface area contributed by atoms with Crippen LogP contribution in [0.3, 0.4) is 0 Å². The highest BCUT2D eigenvalue weighted by Gasteiger charge is 2.42. The number of aliphatic hydroxyl groups is 1. The first-order valence-corrected chi connectivity index (χ1v) is 6.07. The Morgan fingerprint density at radius 3 is 2.53 bits per heavy atom. The number of hydrogen-bond donors (Lipinski definition) is 1. The van der Waals surface area contributed by atoms with Crippen molar-refractivity contribution in [1.29, 1.82) is 0 Å². The zero-order chi connectivity index (χ0) is 13.2. The predicted octanol–water partition coefficient (Wildman–Crippen LogP) is -0.538. The molecule has 1 atom stereocenters. The van der Waals surface area contributed by atoms with Crippen molar-refractivity contribution in [3.63, 3.8) is 0 Å². The molecule has 0 spiro atoms. The Morgan fingerprint density at radius 2 is 2.06 bits per heavy atom. The highest BCUT2D eigenvalue weighted by molar-refractivity contribution is 5.83. The van der Waals surface area contributed by atoms with Gasteiger partial charge in [0.2, 0.25) is 5.91 Å². The van der Waals surface area contributed by atoms with E-state index in [1.165, 1.54) is 0 Å². The number of likely N-dealkylation sites (N-methyl/N-ethyl adjacent to an activating group) is 2. The summed E-state index contributed by atoms with van der Waals surface area (Å²) in [6, 6.07) is -0.384. The monoisotopic (exact) mass is 243 g/mol. The van der Waals surface area contributed by atoms with Gasteiger partial charge in [-0.05, 0) is 35.0 Å². The maximum Gasteiger partial charge on any atom is 0.242 e. The van der Waals surface area contributed by atoms with E-state index in [-0.39, 0.29) is 24.1 Å². The number of aliphatic hydroxyl groups excluding tert-OH is 1. The number of piperazine rings is 1. The average molecular weight is 243 g/mol. The molecule has 1 N–H and O–H groups in total. The summed E-state index contributed by atoms with van der Waals surface area (Å²) in [4.78, 5) is 18.2. The van der Waals surface area contributed by atoms with Gasteiger partial charge in [-0.3, -0.25) is 9.69 Å². The van der Waals surface area contributed by atoms with Gasteiger partial charge in [0, 0.05) is 19.6 Å². The van der Waals surface area contributed by atoms with Crippen molar-refractivity contribution in [3.8, 4) is 0 Å². The van der Waals surface area contributed by atoms with Gasteiger partial charge in [0.1, 0.15) is 6.04 Å². The quantitative estimate of drug-likeness (QED) is 0.720. The predicted molar refractivity (Wildman–Crippen MR) is 67.8 cm³/mol. The lowest BCUT2D eigenvalue weighted by molar-refractivity contribution is -0.152. The van der Waals surface area contributed by atoms with Crippen LogP contribution in [0.2, 0.25) is 0 Å². The Labute approximate surface area is 104 Å². The van der Waals surface area contributed by atoms with Crippen LogP contribution in [-0.2, 0) is 4.79 Å². The number of carbonyl (C=O) groups is 1. The first kappa shape index (κ1) is 14.4. The molecule has 0 aliphatic carbocycles. The first-order chi connectivity index (χ1) is 7.79. The van der Waals surface area contributed by atoms with Gasteiger partial charge in [0.25, 0.3) is 0 Å². The van der Waals surface area contributed by atoms with Gasteiger partial charge < -0.3 is 14.9 Å². The van der Waals surface area contributed by atoms with E-state index in [0.717, 1.165) is 13.1 Å². The zero-order valence-corrected chi connectivity index (χ0v) is 11.6. The first-order valence-electron chi connectivity index (χ1n) is 6.07. The maximum atomic E-state index is 12.3. The fourth-order valence-electron chi connectivity index (χ4n) is 2.40. The van der Waals surface area contributed by atoms with E-state index in [9.17, 15) is 9.90 Å². The second-order valence-electron chi connectivity index (χ2n) is 5.72. The van der Waals surface area contributed by atoms with Crippen LogP contribution in [0, 0.1) is 0 Å². The molecule has 0 aromatic carbocycles. The Morgan fingerprint density at radius 1 is 1.47 bits per heavy atom. The van der Waals surface area contributed by atoms with Crippen molar-refractivity contribution in [2.24, 2.45) is 0 Å². The number of amides is 1. The van der Waals surface area contributed by atoms with Gasteiger partial charge >= 0.3 is 0 Å². The largest absolute Gasteiger partial charge is 0.394 e. The second kappa shape index (κ2) is 5.33. The summed E-state index contributed by atoms with van der Waals surface area (Å²) in [5, 5.41) is 9.30. The number of nitrogens with zero attached hydrogens (tertiary/aromatic N) is 3. The molecule has 100 valence electrons. The minimum absolute atomic E-state index is 0.0353. The van der Waals surface area contributed by atoms with Crippen molar-refractivity contribution in [2.45, 2.75) is 25.4 Å². The molecule has 1 unspecified atom stereocenters. The van der Waals surface area contributed by atoms with Crippen LogP contribution in [0.1, 0.15) is 13.8 Å². The number of carbonyl (C=O) groups excluding carboxylic acids is 1. The van der Waals surface area contributed by atoms with Gasteiger partial charge in [-0.2, -0.15) is 0 Å². The Balaban J connectivity index is 2.80. The van der Waals surface area contributed by atoms with Crippen LogP contribution in [0.25, 0.3) is 0 Å². The molecular formula is C12H25N3O2. The highest BCUT2D eigenvalue weighted by atomic mass is 16.3. The molecule has 1 amide bonds. The third-order valence-corrected chi connectivity index (χ3v) is 3.39. The Bertz CT molecular complexity index is 279. The summed E-state index contributed by atoms with van der Waals surface area (Å²) < 4.78 is 0. The van der Waals surface area contributed by atoms with E-state index in [0.29, 0.717) is 6.54 Å². The molecule has 17 heavy (non-hydrogen) atoms. The van der Waals surface area contributed by atoms with Crippen molar-refractivity contribution in [3.05, 3.63) is 0 Å². The molecule has 1 fully saturated rings. The van der Waals surface area contributed by atoms with Gasteiger partial charge in [0.05, 0.1) is 12.1 Å². The van der Waals surface area contributed by atoms with Crippen LogP contribution in [0.4, 0.5) is 0 Å². The van der Waals surface area contributed by atoms with Crippen LogP contribution < -0.4 is 0 Å². The molecule has 0 aromatic heterocycles. The van der Waals surface area contributed by atoms with Crippen LogP contribution in [0.5, 0.6) is 0 Å². The van der Waals surface area contributed by atoms with E-state index >= 15 is 0 Å². The van der Waals surface area contributed by atoms with E-state index < -0.39 is 0 Å². The third-order valence-electron chi connectivity index (χ3n) is 3.39. The fourth-order valence-corrected chi connectivity index (χ4v) is 2.40. The zero-order valence-electron chi connectivity index (χ0n) is 11.6. The molecule has 0 radical (unpaired) electrons. The third kappa shape index (κ3) is 3.18. The van der Waals surface area contributed by atoms with Gasteiger partial charge in [-0.25, -0.2) is 0 Å². The topological polar surface area (TPSA) is 47.0 Å². The molecule has 5 nitrogen and oxygen atoms in total. The minimum atomic E-state index is -0.384. The summed E-state index contributed by atoms with van der Waals surface area (Å²) in [6.07, 6.45) is 0. The smallest absolute Gasteiger partial charge is 0.242 e. The van der Waals surface area contributed by atoms with Crippen LogP contribution >= 0.6 is 0 Å². The molecule has 5 heteroatoms. The van der Waals surface area contributed by atoms with E-state index in [1.54, 1.807) is 0 Å². The number of rotatable bonds is 4. The van der Waals surface area contributed by atoms with Crippen molar-refractivity contribution in [2.75, 3.05) is 47.4 Å². The molecular weight excluding hydrogens is 218 g/mol. The van der Waals surface area contributed by atoms with Gasteiger partial charge in [-0.1, -0.05) is 0 Å². The van der Waals surface area contributed by atoms with E-state index in [4.69, 9.17) is 0 Å². The Kier molecular flexibility index (Phi) is 4.52. The lowest BCUT2D eigenvalue weighted by Gasteiger charge is -2.49. The lowest BCUT2D eigenvalue weighted by atomic mass is 9.95. The molecule has 0 aromatic rings. The van der Waals surface area contributed by atoms with E-state index in [1.807, 2.05) is 30.9 Å². The number of hydrogen-bond acceptors (Lipinski definition) is 4. The molecule has 0 bridgehead atoms. The van der Waals surface area contributed by atoms with Crippen LogP contribution in [0.15, 0.2) is 0 Å². The SMILES string of the molecule is CN(C)CCN1C(=O)C(CO)N(C)CC1(C)C. The minimum Gasteiger partial charge on any atom is -0.394 e. The molecule has 1 aliphatic heterocycles. The van der Waals surface area contributed by atoms with Crippen molar-refractivity contribution >= 4 is 5.91 Å². The summed E-state index contributed by atoms with van der Waals surface area (Å²) in [6.45, 7) is 6.39. The summed E-state index contributed by atoms with van der Waals surface area (Å²) in [7, 11) is 5.89. The second-order valence-corrected chi connectivity index (χ2v) is 5.72. The maximum absolute atomic E-state index is 12.3. The molecule has 1 aliphatic rings. The molecule has 1 saturated heterocycles. The lowest BCUT2D eigenvalue weighted by Crippen LogP contribution is -2.66. The van der Waals surface area contributed by atoms with Gasteiger partial charge in [-0.15, -0.1) is 0 Å². The van der Waals surface area contributed by atoms with Crippen molar-refractivity contribution < 1.29 is 9.90 Å². The standard InChI is InChI=1S/C12H25N3O2/c1-12(2)9-14(5)10(8-16)11(17)15(12)7-6-13(3)4/h10,16H,6-9H2,1-5H3. The Hall–Kier alpha value is -0.650. The normalized spacial score (nSPS) is 25.7. The highest BCUT2D eigenvalue weighted by Crippen LogP contribution is 2.24. The summed E-state index contributed by atoms with van der Waals surface area (Å²) >= 11 is 0. The fraction of sp³-hybridized carbons (Fsp3) is 0.917. The van der Waals surface area contributed by atoms with Gasteiger partial charge in [0.15, 0.2) is 0 Å². The summed E-state index contributed by atoms with van der Waals surface area (Å²) in [5.74, 6) is 0.0353. The van der Waals surface area contributed by atoms with Crippen LogP contribution in [-0.4, -0.2) is 84.7 Å². The summed E-state index contributed by atoms with van der Waals surface area (Å²) in [5.41, 5.74) is -0.173. The van der Waals surface area contributed by atoms with E-state index in [2.05, 4.69) is 18.7 Å².